The molecule has 1 atom stereocenters. The highest BCUT2D eigenvalue weighted by Crippen LogP contribution is 2.28. The fourth-order valence-electron chi connectivity index (χ4n) is 1.38. The van der Waals surface area contributed by atoms with E-state index in [1.807, 2.05) is 37.4 Å². The number of rotatable bonds is 4. The van der Waals surface area contributed by atoms with Crippen LogP contribution in [0.4, 0.5) is 0 Å². The number of thioether (sulfide) groups is 1. The molecule has 0 aliphatic heterocycles. The third-order valence-corrected chi connectivity index (χ3v) is 2.85. The number of aliphatic hydroxyl groups is 1. The van der Waals surface area contributed by atoms with Gasteiger partial charge in [0.15, 0.2) is 0 Å². The molecule has 76 valence electrons. The molecule has 0 saturated heterocycles. The van der Waals surface area contributed by atoms with Crippen LogP contribution in [-0.4, -0.2) is 11.4 Å². The highest BCUT2D eigenvalue weighted by atomic mass is 32.2. The van der Waals surface area contributed by atoms with Gasteiger partial charge >= 0.3 is 0 Å². The van der Waals surface area contributed by atoms with Gasteiger partial charge in [-0.3, -0.25) is 0 Å². The van der Waals surface area contributed by atoms with Crippen molar-refractivity contribution in [3.05, 3.63) is 42.0 Å². The van der Waals surface area contributed by atoms with E-state index in [-0.39, 0.29) is 0 Å². The largest absolute Gasteiger partial charge is 0.388 e. The van der Waals surface area contributed by atoms with Gasteiger partial charge in [-0.15, -0.1) is 18.3 Å². The molecule has 1 aromatic rings. The molecule has 0 spiro atoms. The Morgan fingerprint density at radius 1 is 1.50 bits per heavy atom. The molecule has 0 bridgehead atoms. The Hall–Kier alpha value is -0.730. The van der Waals surface area contributed by atoms with Gasteiger partial charge in [0.2, 0.25) is 0 Å². The number of aliphatic hydroxyl groups excluding tert-OH is 1. The van der Waals surface area contributed by atoms with Crippen LogP contribution >= 0.6 is 11.8 Å². The highest BCUT2D eigenvalue weighted by molar-refractivity contribution is 7.98. The van der Waals surface area contributed by atoms with Gasteiger partial charge in [-0.2, -0.15) is 0 Å². The monoisotopic (exact) mass is 208 g/mol. The van der Waals surface area contributed by atoms with Gasteiger partial charge < -0.3 is 5.11 Å². The van der Waals surface area contributed by atoms with E-state index < -0.39 is 6.10 Å². The fraction of sp³-hybridized carbons (Fsp3) is 0.333. The van der Waals surface area contributed by atoms with E-state index in [0.717, 1.165) is 16.0 Å². The topological polar surface area (TPSA) is 20.2 Å². The molecule has 14 heavy (non-hydrogen) atoms. The van der Waals surface area contributed by atoms with Crippen LogP contribution in [0.3, 0.4) is 0 Å². The zero-order valence-corrected chi connectivity index (χ0v) is 9.47. The zero-order valence-electron chi connectivity index (χ0n) is 8.66. The van der Waals surface area contributed by atoms with Crippen molar-refractivity contribution in [1.29, 1.82) is 0 Å². The number of hydrogen-bond donors (Lipinski definition) is 1. The van der Waals surface area contributed by atoms with E-state index in [9.17, 15) is 5.11 Å². The summed E-state index contributed by atoms with van der Waals surface area (Å²) in [6.45, 7) is 5.74. The second kappa shape index (κ2) is 5.23. The second-order valence-corrected chi connectivity index (χ2v) is 4.27. The van der Waals surface area contributed by atoms with Crippen LogP contribution in [0.1, 0.15) is 25.0 Å². The quantitative estimate of drug-likeness (QED) is 0.604. The molecule has 0 aromatic heterocycles. The van der Waals surface area contributed by atoms with Gasteiger partial charge in [-0.1, -0.05) is 23.8 Å². The third-order valence-electron chi connectivity index (χ3n) is 2.04. The van der Waals surface area contributed by atoms with E-state index >= 15 is 0 Å². The van der Waals surface area contributed by atoms with Crippen LogP contribution in [-0.2, 0) is 0 Å². The molecule has 0 aliphatic rings. The molecule has 1 N–H and O–H groups in total. The summed E-state index contributed by atoms with van der Waals surface area (Å²) >= 11 is 1.66. The van der Waals surface area contributed by atoms with Gasteiger partial charge in [-0.05, 0) is 31.2 Å². The number of hydrogen-bond acceptors (Lipinski definition) is 2. The molecular formula is C12H16OS. The van der Waals surface area contributed by atoms with Crippen molar-refractivity contribution in [2.24, 2.45) is 0 Å². The van der Waals surface area contributed by atoms with Crippen molar-refractivity contribution in [1.82, 2.24) is 0 Å². The SMILES string of the molecule is C=C(C)CC(O)c1ccccc1SC. The Kier molecular flexibility index (Phi) is 4.23. The lowest BCUT2D eigenvalue weighted by Gasteiger charge is -2.13. The third kappa shape index (κ3) is 2.89. The Bertz CT molecular complexity index is 320. The molecule has 1 rings (SSSR count). The summed E-state index contributed by atoms with van der Waals surface area (Å²) in [7, 11) is 0. The Morgan fingerprint density at radius 2 is 2.14 bits per heavy atom. The van der Waals surface area contributed by atoms with E-state index in [1.165, 1.54) is 0 Å². The van der Waals surface area contributed by atoms with E-state index in [4.69, 9.17) is 0 Å². The van der Waals surface area contributed by atoms with Crippen molar-refractivity contribution < 1.29 is 5.11 Å². The van der Waals surface area contributed by atoms with Gasteiger partial charge in [-0.25, -0.2) is 0 Å². The van der Waals surface area contributed by atoms with Crippen molar-refractivity contribution in [2.75, 3.05) is 6.26 Å². The van der Waals surface area contributed by atoms with E-state index in [1.54, 1.807) is 11.8 Å². The summed E-state index contributed by atoms with van der Waals surface area (Å²) < 4.78 is 0. The van der Waals surface area contributed by atoms with Crippen molar-refractivity contribution >= 4 is 11.8 Å². The maximum absolute atomic E-state index is 9.93. The lowest BCUT2D eigenvalue weighted by molar-refractivity contribution is 0.175. The van der Waals surface area contributed by atoms with Crippen LogP contribution in [0.25, 0.3) is 0 Å². The van der Waals surface area contributed by atoms with Crippen LogP contribution in [0, 0.1) is 0 Å². The summed E-state index contributed by atoms with van der Waals surface area (Å²) in [6.07, 6.45) is 2.24. The normalized spacial score (nSPS) is 12.5. The maximum Gasteiger partial charge on any atom is 0.0837 e. The lowest BCUT2D eigenvalue weighted by Crippen LogP contribution is -1.99. The maximum atomic E-state index is 9.93. The predicted octanol–water partition coefficient (Wildman–Crippen LogP) is 3.41. The Morgan fingerprint density at radius 3 is 2.71 bits per heavy atom. The van der Waals surface area contributed by atoms with Gasteiger partial charge in [0.25, 0.3) is 0 Å². The minimum Gasteiger partial charge on any atom is -0.388 e. The van der Waals surface area contributed by atoms with Crippen LogP contribution in [0.2, 0.25) is 0 Å². The minimum atomic E-state index is -0.420. The predicted molar refractivity (Wildman–Crippen MR) is 62.6 cm³/mol. The Balaban J connectivity index is 2.87. The highest BCUT2D eigenvalue weighted by Gasteiger charge is 2.10. The summed E-state index contributed by atoms with van der Waals surface area (Å²) in [4.78, 5) is 1.14. The molecule has 0 fully saturated rings. The van der Waals surface area contributed by atoms with Gasteiger partial charge in [0.1, 0.15) is 0 Å². The Labute approximate surface area is 89.8 Å². The lowest BCUT2D eigenvalue weighted by atomic mass is 10.0. The van der Waals surface area contributed by atoms with E-state index in [0.29, 0.717) is 6.42 Å². The summed E-state index contributed by atoms with van der Waals surface area (Å²) in [5.41, 5.74) is 2.01. The van der Waals surface area contributed by atoms with Gasteiger partial charge in [0, 0.05) is 4.90 Å². The van der Waals surface area contributed by atoms with Crippen LogP contribution in [0.5, 0.6) is 0 Å². The molecule has 0 radical (unpaired) electrons. The average molecular weight is 208 g/mol. The molecule has 0 aliphatic carbocycles. The zero-order chi connectivity index (χ0) is 10.6. The molecule has 1 nitrogen and oxygen atoms in total. The van der Waals surface area contributed by atoms with Gasteiger partial charge in [0.05, 0.1) is 6.10 Å². The van der Waals surface area contributed by atoms with Crippen LogP contribution in [0.15, 0.2) is 41.3 Å². The molecule has 1 aromatic carbocycles. The average Bonchev–Trinajstić information content (AvgIpc) is 2.16. The van der Waals surface area contributed by atoms with Crippen molar-refractivity contribution in [3.63, 3.8) is 0 Å². The van der Waals surface area contributed by atoms with Crippen molar-refractivity contribution in [2.45, 2.75) is 24.3 Å². The molecule has 0 heterocycles. The molecule has 2 heteroatoms. The number of benzene rings is 1. The minimum absolute atomic E-state index is 0.420. The molecular weight excluding hydrogens is 192 g/mol. The first kappa shape index (κ1) is 11.3. The van der Waals surface area contributed by atoms with Crippen LogP contribution < -0.4 is 0 Å². The summed E-state index contributed by atoms with van der Waals surface area (Å²) in [6, 6.07) is 7.95. The fourth-order valence-corrected chi connectivity index (χ4v) is 2.04. The molecule has 1 unspecified atom stereocenters. The first-order valence-electron chi connectivity index (χ1n) is 4.60. The molecule has 0 saturated carbocycles. The summed E-state index contributed by atoms with van der Waals surface area (Å²) in [5, 5.41) is 9.93. The first-order valence-corrected chi connectivity index (χ1v) is 5.83. The van der Waals surface area contributed by atoms with Crippen molar-refractivity contribution in [3.8, 4) is 0 Å². The smallest absolute Gasteiger partial charge is 0.0837 e. The second-order valence-electron chi connectivity index (χ2n) is 3.42. The standard InChI is InChI=1S/C12H16OS/c1-9(2)8-11(13)10-6-4-5-7-12(10)14-3/h4-7,11,13H,1,8H2,2-3H3. The first-order chi connectivity index (χ1) is 6.65. The molecule has 0 amide bonds. The summed E-state index contributed by atoms with van der Waals surface area (Å²) in [5.74, 6) is 0. The van der Waals surface area contributed by atoms with E-state index in [2.05, 4.69) is 6.58 Å².